The van der Waals surface area contributed by atoms with Gasteiger partial charge >= 0.3 is 5.97 Å². The van der Waals surface area contributed by atoms with E-state index < -0.39 is 5.97 Å². The molecule has 0 aromatic heterocycles. The first kappa shape index (κ1) is 20.8. The quantitative estimate of drug-likeness (QED) is 0.662. The van der Waals surface area contributed by atoms with Crippen LogP contribution in [0.25, 0.3) is 6.08 Å². The molecule has 4 nitrogen and oxygen atoms in total. The fraction of sp³-hybridized carbons (Fsp3) is 0.423. The number of hydrogen-bond acceptors (Lipinski definition) is 3. The number of piperidine rings is 1. The van der Waals surface area contributed by atoms with E-state index in [4.69, 9.17) is 0 Å². The zero-order chi connectivity index (χ0) is 20.9. The SMILES string of the molecule is CC/C(=C\c1ccccc1)[C@@H]1C[C@H]1NC1CCN(Cc2ccccc2C(=O)O)CC1. The normalized spacial score (nSPS) is 22.8. The van der Waals surface area contributed by atoms with Crippen LogP contribution < -0.4 is 5.32 Å². The smallest absolute Gasteiger partial charge is 0.336 e. The molecule has 2 atom stereocenters. The van der Waals surface area contributed by atoms with Gasteiger partial charge in [0, 0.05) is 18.6 Å². The summed E-state index contributed by atoms with van der Waals surface area (Å²) in [6.07, 6.45) is 6.98. The van der Waals surface area contributed by atoms with E-state index in [9.17, 15) is 9.90 Å². The van der Waals surface area contributed by atoms with E-state index in [-0.39, 0.29) is 0 Å². The number of nitrogens with zero attached hydrogens (tertiary/aromatic N) is 1. The van der Waals surface area contributed by atoms with Gasteiger partial charge in [-0.05, 0) is 61.9 Å². The molecule has 4 rings (SSSR count). The van der Waals surface area contributed by atoms with E-state index in [2.05, 4.69) is 53.5 Å². The highest BCUT2D eigenvalue weighted by molar-refractivity contribution is 5.89. The molecule has 2 fully saturated rings. The van der Waals surface area contributed by atoms with Gasteiger partial charge in [-0.15, -0.1) is 0 Å². The minimum Gasteiger partial charge on any atom is -0.478 e. The minimum atomic E-state index is -0.836. The topological polar surface area (TPSA) is 52.6 Å². The number of benzene rings is 2. The zero-order valence-corrected chi connectivity index (χ0v) is 17.8. The van der Waals surface area contributed by atoms with Crippen LogP contribution in [0.15, 0.2) is 60.2 Å². The number of carboxylic acid groups (broad SMARTS) is 1. The lowest BCUT2D eigenvalue weighted by Crippen LogP contribution is -2.43. The molecule has 4 heteroatoms. The lowest BCUT2D eigenvalue weighted by molar-refractivity contribution is 0.0693. The van der Waals surface area contributed by atoms with Crippen LogP contribution in [-0.4, -0.2) is 41.1 Å². The highest BCUT2D eigenvalue weighted by Gasteiger charge is 2.40. The molecule has 1 saturated heterocycles. The average molecular weight is 405 g/mol. The van der Waals surface area contributed by atoms with Gasteiger partial charge in [-0.3, -0.25) is 4.90 Å². The van der Waals surface area contributed by atoms with Crippen molar-refractivity contribution >= 4 is 12.0 Å². The molecule has 0 radical (unpaired) electrons. The second kappa shape index (κ2) is 9.59. The number of nitrogens with one attached hydrogen (secondary N) is 1. The predicted molar refractivity (Wildman–Crippen MR) is 121 cm³/mol. The van der Waals surface area contributed by atoms with Gasteiger partial charge < -0.3 is 10.4 Å². The van der Waals surface area contributed by atoms with E-state index in [1.807, 2.05) is 12.1 Å². The molecule has 2 aliphatic rings. The van der Waals surface area contributed by atoms with E-state index in [0.29, 0.717) is 23.6 Å². The highest BCUT2D eigenvalue weighted by atomic mass is 16.4. The molecule has 0 amide bonds. The van der Waals surface area contributed by atoms with Crippen LogP contribution in [0, 0.1) is 5.92 Å². The van der Waals surface area contributed by atoms with Gasteiger partial charge in [-0.25, -0.2) is 4.79 Å². The van der Waals surface area contributed by atoms with Crippen LogP contribution in [0.4, 0.5) is 0 Å². The first-order valence-electron chi connectivity index (χ1n) is 11.2. The van der Waals surface area contributed by atoms with Gasteiger partial charge in [0.25, 0.3) is 0 Å². The summed E-state index contributed by atoms with van der Waals surface area (Å²) in [5, 5.41) is 13.3. The molecule has 0 spiro atoms. The summed E-state index contributed by atoms with van der Waals surface area (Å²) in [6.45, 7) is 5.02. The summed E-state index contributed by atoms with van der Waals surface area (Å²) >= 11 is 0. The second-order valence-electron chi connectivity index (χ2n) is 8.61. The first-order valence-corrected chi connectivity index (χ1v) is 11.2. The molecule has 1 heterocycles. The van der Waals surface area contributed by atoms with E-state index in [1.165, 1.54) is 12.0 Å². The summed E-state index contributed by atoms with van der Waals surface area (Å²) in [5.74, 6) is -0.159. The summed E-state index contributed by atoms with van der Waals surface area (Å²) in [7, 11) is 0. The Hall–Kier alpha value is -2.43. The fourth-order valence-electron chi connectivity index (χ4n) is 4.69. The Morgan fingerprint density at radius 2 is 1.80 bits per heavy atom. The molecular formula is C26H32N2O2. The highest BCUT2D eigenvalue weighted by Crippen LogP contribution is 2.40. The lowest BCUT2D eigenvalue weighted by atomic mass is 10.0. The maximum Gasteiger partial charge on any atom is 0.336 e. The molecule has 0 unspecified atom stereocenters. The molecule has 2 aromatic carbocycles. The minimum absolute atomic E-state index is 0.427. The van der Waals surface area contributed by atoms with Crippen molar-refractivity contribution in [2.75, 3.05) is 13.1 Å². The molecule has 1 saturated carbocycles. The predicted octanol–water partition coefficient (Wildman–Crippen LogP) is 4.82. The molecule has 158 valence electrons. The van der Waals surface area contributed by atoms with Crippen molar-refractivity contribution in [3.63, 3.8) is 0 Å². The molecule has 2 aromatic rings. The number of likely N-dealkylation sites (tertiary alicyclic amines) is 1. The maximum absolute atomic E-state index is 11.4. The third-order valence-corrected chi connectivity index (χ3v) is 6.51. The lowest BCUT2D eigenvalue weighted by Gasteiger charge is -2.33. The fourth-order valence-corrected chi connectivity index (χ4v) is 4.69. The summed E-state index contributed by atoms with van der Waals surface area (Å²) in [5.41, 5.74) is 4.20. The van der Waals surface area contributed by atoms with E-state index in [1.54, 1.807) is 17.7 Å². The summed E-state index contributed by atoms with van der Waals surface area (Å²) in [4.78, 5) is 13.8. The van der Waals surface area contributed by atoms with Crippen molar-refractivity contribution in [2.24, 2.45) is 5.92 Å². The van der Waals surface area contributed by atoms with Gasteiger partial charge in [-0.2, -0.15) is 0 Å². The largest absolute Gasteiger partial charge is 0.478 e. The maximum atomic E-state index is 11.4. The second-order valence-corrected chi connectivity index (χ2v) is 8.61. The molecule has 0 bridgehead atoms. The summed E-state index contributed by atoms with van der Waals surface area (Å²) in [6, 6.07) is 19.2. The number of carboxylic acids is 1. The Labute approximate surface area is 179 Å². The molecule has 1 aliphatic carbocycles. The Kier molecular flexibility index (Phi) is 6.66. The number of aromatic carboxylic acids is 1. The number of carbonyl (C=O) groups is 1. The first-order chi connectivity index (χ1) is 14.6. The Morgan fingerprint density at radius 1 is 1.10 bits per heavy atom. The van der Waals surface area contributed by atoms with Gasteiger partial charge in [0.2, 0.25) is 0 Å². The molecule has 2 N–H and O–H groups in total. The third kappa shape index (κ3) is 5.18. The van der Waals surface area contributed by atoms with Crippen LogP contribution in [-0.2, 0) is 6.54 Å². The Morgan fingerprint density at radius 3 is 2.50 bits per heavy atom. The molecule has 30 heavy (non-hydrogen) atoms. The Bertz CT molecular complexity index is 885. The average Bonchev–Trinajstić information content (AvgIpc) is 3.53. The van der Waals surface area contributed by atoms with Crippen molar-refractivity contribution in [1.82, 2.24) is 10.2 Å². The molecular weight excluding hydrogens is 372 g/mol. The van der Waals surface area contributed by atoms with Gasteiger partial charge in [0.05, 0.1) is 5.56 Å². The van der Waals surface area contributed by atoms with Crippen molar-refractivity contribution < 1.29 is 9.90 Å². The van der Waals surface area contributed by atoms with Crippen LogP contribution in [0.1, 0.15) is 54.1 Å². The van der Waals surface area contributed by atoms with Crippen LogP contribution in [0.3, 0.4) is 0 Å². The number of hydrogen-bond donors (Lipinski definition) is 2. The van der Waals surface area contributed by atoms with Gasteiger partial charge in [0.15, 0.2) is 0 Å². The van der Waals surface area contributed by atoms with Crippen molar-refractivity contribution in [1.29, 1.82) is 0 Å². The zero-order valence-electron chi connectivity index (χ0n) is 17.8. The van der Waals surface area contributed by atoms with E-state index in [0.717, 1.165) is 44.5 Å². The Balaban J connectivity index is 1.26. The number of rotatable bonds is 8. The van der Waals surface area contributed by atoms with Crippen molar-refractivity contribution in [3.8, 4) is 0 Å². The monoisotopic (exact) mass is 404 g/mol. The molecule has 1 aliphatic heterocycles. The van der Waals surface area contributed by atoms with Crippen LogP contribution in [0.5, 0.6) is 0 Å². The van der Waals surface area contributed by atoms with Crippen LogP contribution in [0.2, 0.25) is 0 Å². The summed E-state index contributed by atoms with van der Waals surface area (Å²) < 4.78 is 0. The van der Waals surface area contributed by atoms with Crippen molar-refractivity contribution in [3.05, 3.63) is 76.9 Å². The van der Waals surface area contributed by atoms with Gasteiger partial charge in [0.1, 0.15) is 0 Å². The van der Waals surface area contributed by atoms with Gasteiger partial charge in [-0.1, -0.05) is 67.1 Å². The third-order valence-electron chi connectivity index (χ3n) is 6.51. The van der Waals surface area contributed by atoms with E-state index >= 15 is 0 Å². The van der Waals surface area contributed by atoms with Crippen molar-refractivity contribution in [2.45, 2.75) is 51.2 Å². The standard InChI is InChI=1S/C26H32N2O2/c1-2-20(16-19-8-4-3-5-9-19)24-17-25(24)27-22-12-14-28(15-13-22)18-21-10-6-7-11-23(21)26(29)30/h3-11,16,22,24-25,27H,2,12-15,17-18H2,1H3,(H,29,30)/b20-16+/t24-,25+/m0/s1. The van der Waals surface area contributed by atoms with Crippen LogP contribution >= 0.6 is 0 Å².